The van der Waals surface area contributed by atoms with Gasteiger partial charge in [-0.25, -0.2) is 4.79 Å². The summed E-state index contributed by atoms with van der Waals surface area (Å²) in [5.41, 5.74) is 1.26. The molecule has 0 atom stereocenters. The van der Waals surface area contributed by atoms with E-state index in [1.54, 1.807) is 24.3 Å². The van der Waals surface area contributed by atoms with Crippen molar-refractivity contribution in [1.82, 2.24) is 9.78 Å². The molecule has 2 rings (SSSR count). The topological polar surface area (TPSA) is 113 Å². The second-order valence-electron chi connectivity index (χ2n) is 4.80. The van der Waals surface area contributed by atoms with Crippen LogP contribution in [0.5, 0.6) is 0 Å². The molecule has 0 aliphatic carbocycles. The van der Waals surface area contributed by atoms with Crippen LogP contribution < -0.4 is 10.6 Å². The van der Waals surface area contributed by atoms with Gasteiger partial charge in [-0.15, -0.1) is 0 Å². The van der Waals surface area contributed by atoms with Crippen molar-refractivity contribution < 1.29 is 19.5 Å². The number of carboxylic acid groups (broad SMARTS) is 1. The van der Waals surface area contributed by atoms with Gasteiger partial charge < -0.3 is 15.7 Å². The lowest BCUT2D eigenvalue weighted by Crippen LogP contribution is -2.17. The number of amides is 2. The first-order valence-corrected chi connectivity index (χ1v) is 6.88. The number of aryl methyl sites for hydroxylation is 1. The first-order chi connectivity index (χ1) is 11.0. The molecule has 1 aromatic heterocycles. The molecule has 3 N–H and O–H groups in total. The van der Waals surface area contributed by atoms with Crippen LogP contribution >= 0.6 is 0 Å². The Morgan fingerprint density at radius 1 is 1.09 bits per heavy atom. The van der Waals surface area contributed by atoms with Crippen LogP contribution in [0.2, 0.25) is 0 Å². The van der Waals surface area contributed by atoms with Gasteiger partial charge >= 0.3 is 5.97 Å². The van der Waals surface area contributed by atoms with Crippen LogP contribution in [0.3, 0.4) is 0 Å². The lowest BCUT2D eigenvalue weighted by Gasteiger charge is -2.08. The van der Waals surface area contributed by atoms with Crippen LogP contribution in [-0.4, -0.2) is 32.7 Å². The van der Waals surface area contributed by atoms with E-state index >= 15 is 0 Å². The summed E-state index contributed by atoms with van der Waals surface area (Å²) in [6.45, 7) is 1.58. The largest absolute Gasteiger partial charge is 0.477 e. The molecular weight excluding hydrogens is 300 g/mol. The third-order valence-electron chi connectivity index (χ3n) is 2.98. The van der Waals surface area contributed by atoms with Gasteiger partial charge in [0.05, 0.1) is 6.54 Å². The number of hydrogen-bond acceptors (Lipinski definition) is 4. The molecule has 1 heterocycles. The Balaban J connectivity index is 1.88. The van der Waals surface area contributed by atoms with E-state index in [2.05, 4.69) is 15.7 Å². The summed E-state index contributed by atoms with van der Waals surface area (Å²) >= 11 is 0. The average molecular weight is 316 g/mol. The molecule has 8 nitrogen and oxygen atoms in total. The highest BCUT2D eigenvalue weighted by molar-refractivity contribution is 5.92. The minimum absolute atomic E-state index is 0.0393. The SMILES string of the molecule is CC(=O)Nc1ccc(NC(=O)CCn2nccc2C(=O)O)cc1. The monoisotopic (exact) mass is 316 g/mol. The van der Waals surface area contributed by atoms with Gasteiger partial charge in [0.15, 0.2) is 0 Å². The molecule has 0 saturated carbocycles. The maximum atomic E-state index is 11.9. The molecule has 0 radical (unpaired) electrons. The Hall–Kier alpha value is -3.16. The second kappa shape index (κ2) is 7.21. The fraction of sp³-hybridized carbons (Fsp3) is 0.200. The minimum atomic E-state index is -1.09. The van der Waals surface area contributed by atoms with Crippen molar-refractivity contribution in [3.63, 3.8) is 0 Å². The second-order valence-corrected chi connectivity index (χ2v) is 4.80. The minimum Gasteiger partial charge on any atom is -0.477 e. The van der Waals surface area contributed by atoms with Crippen molar-refractivity contribution in [3.8, 4) is 0 Å². The van der Waals surface area contributed by atoms with E-state index in [0.29, 0.717) is 11.4 Å². The van der Waals surface area contributed by atoms with Crippen LogP contribution in [0, 0.1) is 0 Å². The average Bonchev–Trinajstić information content (AvgIpc) is 2.95. The van der Waals surface area contributed by atoms with Gasteiger partial charge in [-0.2, -0.15) is 5.10 Å². The van der Waals surface area contributed by atoms with Crippen LogP contribution in [0.4, 0.5) is 11.4 Å². The molecule has 1 aromatic carbocycles. The first kappa shape index (κ1) is 16.2. The quantitative estimate of drug-likeness (QED) is 0.748. The van der Waals surface area contributed by atoms with Crippen molar-refractivity contribution >= 4 is 29.2 Å². The van der Waals surface area contributed by atoms with Crippen molar-refractivity contribution in [3.05, 3.63) is 42.2 Å². The number of aromatic carboxylic acids is 1. The van der Waals surface area contributed by atoms with E-state index in [4.69, 9.17) is 5.11 Å². The van der Waals surface area contributed by atoms with Crippen molar-refractivity contribution in [2.24, 2.45) is 0 Å². The van der Waals surface area contributed by atoms with Crippen LogP contribution in [0.25, 0.3) is 0 Å². The van der Waals surface area contributed by atoms with E-state index in [1.165, 1.54) is 23.9 Å². The number of rotatable bonds is 6. The summed E-state index contributed by atoms with van der Waals surface area (Å²) < 4.78 is 1.27. The van der Waals surface area contributed by atoms with E-state index in [0.717, 1.165) is 0 Å². The Kier molecular flexibility index (Phi) is 5.08. The van der Waals surface area contributed by atoms with E-state index in [9.17, 15) is 14.4 Å². The molecular formula is C15H16N4O4. The Morgan fingerprint density at radius 2 is 1.70 bits per heavy atom. The summed E-state index contributed by atoms with van der Waals surface area (Å²) in [6.07, 6.45) is 1.47. The highest BCUT2D eigenvalue weighted by atomic mass is 16.4. The standard InChI is InChI=1S/C15H16N4O4/c1-10(20)17-11-2-4-12(5-3-11)18-14(21)7-9-19-13(15(22)23)6-8-16-19/h2-6,8H,7,9H2,1H3,(H,17,20)(H,18,21)(H,22,23). The summed E-state index contributed by atoms with van der Waals surface area (Å²) in [4.78, 5) is 33.7. The zero-order valence-electron chi connectivity index (χ0n) is 12.4. The molecule has 8 heteroatoms. The molecule has 0 aliphatic rings. The fourth-order valence-corrected chi connectivity index (χ4v) is 1.96. The van der Waals surface area contributed by atoms with Crippen molar-refractivity contribution in [2.75, 3.05) is 10.6 Å². The zero-order chi connectivity index (χ0) is 16.8. The smallest absolute Gasteiger partial charge is 0.354 e. The zero-order valence-corrected chi connectivity index (χ0v) is 12.4. The number of nitrogens with one attached hydrogen (secondary N) is 2. The third-order valence-corrected chi connectivity index (χ3v) is 2.98. The van der Waals surface area contributed by atoms with Gasteiger partial charge in [0.25, 0.3) is 0 Å². The molecule has 120 valence electrons. The van der Waals surface area contributed by atoms with Gasteiger partial charge in [-0.3, -0.25) is 14.3 Å². The van der Waals surface area contributed by atoms with Crippen molar-refractivity contribution in [1.29, 1.82) is 0 Å². The van der Waals surface area contributed by atoms with Crippen LogP contribution in [0.15, 0.2) is 36.5 Å². The summed E-state index contributed by atoms with van der Waals surface area (Å²) in [5, 5.41) is 18.1. The maximum Gasteiger partial charge on any atom is 0.354 e. The number of anilines is 2. The van der Waals surface area contributed by atoms with E-state index in [1.807, 2.05) is 0 Å². The van der Waals surface area contributed by atoms with Gasteiger partial charge in [-0.05, 0) is 30.3 Å². The molecule has 0 unspecified atom stereocenters. The molecule has 23 heavy (non-hydrogen) atoms. The number of aromatic nitrogens is 2. The van der Waals surface area contributed by atoms with Gasteiger partial charge in [0.1, 0.15) is 5.69 Å². The highest BCUT2D eigenvalue weighted by Gasteiger charge is 2.11. The fourth-order valence-electron chi connectivity index (χ4n) is 1.96. The first-order valence-electron chi connectivity index (χ1n) is 6.88. The lowest BCUT2D eigenvalue weighted by atomic mass is 10.2. The number of benzene rings is 1. The van der Waals surface area contributed by atoms with E-state index < -0.39 is 5.97 Å². The van der Waals surface area contributed by atoms with Gasteiger partial charge in [-0.1, -0.05) is 0 Å². The maximum absolute atomic E-state index is 11.9. The van der Waals surface area contributed by atoms with Gasteiger partial charge in [0.2, 0.25) is 11.8 Å². The number of hydrogen-bond donors (Lipinski definition) is 3. The lowest BCUT2D eigenvalue weighted by molar-refractivity contribution is -0.116. The molecule has 0 aliphatic heterocycles. The molecule has 2 amide bonds. The van der Waals surface area contributed by atoms with Gasteiger partial charge in [0, 0.05) is 30.9 Å². The van der Waals surface area contributed by atoms with Crippen LogP contribution in [-0.2, 0) is 16.1 Å². The molecule has 2 aromatic rings. The number of carbonyl (C=O) groups is 3. The number of nitrogens with zero attached hydrogens (tertiary/aromatic N) is 2. The number of carbonyl (C=O) groups excluding carboxylic acids is 2. The number of carboxylic acids is 1. The summed E-state index contributed by atoms with van der Waals surface area (Å²) in [5.74, 6) is -1.52. The normalized spacial score (nSPS) is 10.1. The molecule has 0 saturated heterocycles. The Morgan fingerprint density at radius 3 is 2.26 bits per heavy atom. The Labute approximate surface area is 132 Å². The highest BCUT2D eigenvalue weighted by Crippen LogP contribution is 2.13. The molecule has 0 spiro atoms. The summed E-state index contributed by atoms with van der Waals surface area (Å²) in [7, 11) is 0. The van der Waals surface area contributed by atoms with E-state index in [-0.39, 0.29) is 30.5 Å². The third kappa shape index (κ3) is 4.67. The Bertz CT molecular complexity index is 721. The predicted molar refractivity (Wildman–Crippen MR) is 83.2 cm³/mol. The summed E-state index contributed by atoms with van der Waals surface area (Å²) in [6, 6.07) is 8.06. The molecule has 0 fully saturated rings. The predicted octanol–water partition coefficient (Wildman–Crippen LogP) is 1.57. The van der Waals surface area contributed by atoms with Crippen molar-refractivity contribution in [2.45, 2.75) is 19.9 Å². The molecule has 0 bridgehead atoms. The van der Waals surface area contributed by atoms with Crippen LogP contribution in [0.1, 0.15) is 23.8 Å².